The third-order valence-corrected chi connectivity index (χ3v) is 15.8. The Kier molecular flexibility index (Phi) is 11.9. The summed E-state index contributed by atoms with van der Waals surface area (Å²) in [6, 6.07) is 0. The zero-order valence-corrected chi connectivity index (χ0v) is 32.2. The Morgan fingerprint density at radius 1 is 1.12 bits per heavy atom. The summed E-state index contributed by atoms with van der Waals surface area (Å²) < 4.78 is 6.28. The topological polar surface area (TPSA) is 178 Å². The summed E-state index contributed by atoms with van der Waals surface area (Å²) in [5, 5.41) is 66.7. The van der Waals surface area contributed by atoms with Crippen molar-refractivity contribution < 1.29 is 35.1 Å². The van der Waals surface area contributed by atoms with E-state index in [1.165, 1.54) is 19.3 Å². The van der Waals surface area contributed by atoms with Crippen molar-refractivity contribution >= 4 is 5.78 Å². The quantitative estimate of drug-likeness (QED) is 0.132. The zero-order valence-electron chi connectivity index (χ0n) is 32.2. The van der Waals surface area contributed by atoms with Crippen molar-refractivity contribution in [2.24, 2.45) is 58.0 Å². The van der Waals surface area contributed by atoms with Crippen molar-refractivity contribution in [3.05, 3.63) is 11.6 Å². The molecule has 2 heterocycles. The predicted molar refractivity (Wildman–Crippen MR) is 197 cm³/mol. The number of aliphatic hydroxyl groups excluding tert-OH is 3. The number of ketones is 1. The number of hydrogen-bond acceptors (Lipinski definition) is 10. The van der Waals surface area contributed by atoms with Gasteiger partial charge in [-0.05, 0) is 144 Å². The van der Waals surface area contributed by atoms with Crippen LogP contribution in [0.4, 0.5) is 0 Å². The van der Waals surface area contributed by atoms with Gasteiger partial charge in [-0.3, -0.25) is 4.79 Å². The standard InChI is InChI=1S/C41H71N3O7/c1-6-7-8-9-10-26-23-51-36(24(26)2)37(48)39(4,49)33-14-16-41(50)29-18-30(45)28-17-31(46)32(47)20-40(28,15-13-25-11-12-34(42)44-21-25)35(29)27(22-43-5)19-38(33,41)3/h18,24-28,31-37,43-44,46-50H,6-17,19-23,42H2,1-5H3/t24-,25?,26-,27-,28+,31+,32-,33+,34?,35+,36+,37+,38+,39+,40-,41-/m0/s1. The first-order chi connectivity index (χ1) is 24.1. The first-order valence-corrected chi connectivity index (χ1v) is 20.6. The minimum Gasteiger partial charge on any atom is -0.390 e. The van der Waals surface area contributed by atoms with E-state index in [0.717, 1.165) is 50.6 Å². The third-order valence-electron chi connectivity index (χ3n) is 15.8. The first-order valence-electron chi connectivity index (χ1n) is 20.6. The van der Waals surface area contributed by atoms with Crippen LogP contribution in [0.3, 0.4) is 0 Å². The van der Waals surface area contributed by atoms with Gasteiger partial charge in [0.15, 0.2) is 5.78 Å². The molecule has 6 aliphatic rings. The third kappa shape index (κ3) is 6.83. The molecular weight excluding hydrogens is 646 g/mol. The van der Waals surface area contributed by atoms with E-state index in [1.807, 2.05) is 7.05 Å². The monoisotopic (exact) mass is 718 g/mol. The summed E-state index contributed by atoms with van der Waals surface area (Å²) in [6.07, 6.45) is 9.54. The average Bonchev–Trinajstić information content (AvgIpc) is 3.59. The average molecular weight is 718 g/mol. The van der Waals surface area contributed by atoms with Gasteiger partial charge in [-0.25, -0.2) is 0 Å². The molecule has 0 bridgehead atoms. The maximum atomic E-state index is 14.3. The smallest absolute Gasteiger partial charge is 0.159 e. The molecule has 51 heavy (non-hydrogen) atoms. The molecule has 0 aromatic carbocycles. The maximum Gasteiger partial charge on any atom is 0.159 e. The molecule has 6 rings (SSSR count). The maximum absolute atomic E-state index is 14.3. The molecule has 5 fully saturated rings. The predicted octanol–water partition coefficient (Wildman–Crippen LogP) is 3.41. The number of carbonyl (C=O) groups excluding carboxylic acids is 1. The van der Waals surface area contributed by atoms with E-state index >= 15 is 0 Å². The molecule has 4 aliphatic carbocycles. The molecule has 292 valence electrons. The molecule has 10 nitrogen and oxygen atoms in total. The Bertz CT molecular complexity index is 1260. The lowest BCUT2D eigenvalue weighted by Crippen LogP contribution is -2.67. The fourth-order valence-corrected chi connectivity index (χ4v) is 12.9. The highest BCUT2D eigenvalue weighted by Gasteiger charge is 2.72. The molecule has 2 unspecified atom stereocenters. The molecular formula is C41H71N3O7. The van der Waals surface area contributed by atoms with Crippen LogP contribution in [0.1, 0.15) is 118 Å². The molecule has 0 aromatic heterocycles. The van der Waals surface area contributed by atoms with Crippen LogP contribution in [-0.4, -0.2) is 99.8 Å². The number of fused-ring (bicyclic) bond motifs is 5. The highest BCUT2D eigenvalue weighted by molar-refractivity contribution is 5.95. The SMILES string of the molecule is CCCCCC[C@H]1CO[C@@H]([C@@H](O)[C@](C)(O)[C@@H]2CC[C@]3(O)C4=CC(=O)[C@H]5C[C@@H](O)[C@@H](O)C[C@]5(CCC5CCC(N)NC5)[C@@H]4[C@H](CNC)C[C@]23C)[C@H]1C. The molecule has 2 aliphatic heterocycles. The first kappa shape index (κ1) is 39.7. The number of unbranched alkanes of at least 4 members (excludes halogenated alkanes) is 3. The van der Waals surface area contributed by atoms with Gasteiger partial charge in [-0.15, -0.1) is 0 Å². The molecule has 3 saturated carbocycles. The molecule has 16 atom stereocenters. The lowest BCUT2D eigenvalue weighted by Gasteiger charge is -2.64. The van der Waals surface area contributed by atoms with Crippen LogP contribution in [0.15, 0.2) is 11.6 Å². The van der Waals surface area contributed by atoms with Crippen molar-refractivity contribution in [1.82, 2.24) is 10.6 Å². The van der Waals surface area contributed by atoms with E-state index in [1.54, 1.807) is 13.0 Å². The van der Waals surface area contributed by atoms with Gasteiger partial charge >= 0.3 is 0 Å². The van der Waals surface area contributed by atoms with Crippen LogP contribution in [0.25, 0.3) is 0 Å². The number of allylic oxidation sites excluding steroid dienone is 1. The number of carbonyl (C=O) groups is 1. The van der Waals surface area contributed by atoms with E-state index in [0.29, 0.717) is 50.7 Å². The number of ether oxygens (including phenoxy) is 1. The lowest BCUT2D eigenvalue weighted by atomic mass is 9.41. The number of nitrogens with two attached hydrogens (primary N) is 1. The minimum atomic E-state index is -1.54. The number of aliphatic hydroxyl groups is 5. The molecule has 2 saturated heterocycles. The summed E-state index contributed by atoms with van der Waals surface area (Å²) in [7, 11) is 1.94. The Labute approximate surface area is 306 Å². The lowest BCUT2D eigenvalue weighted by molar-refractivity contribution is -0.203. The Balaban J connectivity index is 1.31. The van der Waals surface area contributed by atoms with Gasteiger partial charge in [0.1, 0.15) is 6.10 Å². The van der Waals surface area contributed by atoms with Gasteiger partial charge in [0.2, 0.25) is 0 Å². The van der Waals surface area contributed by atoms with Crippen LogP contribution in [0.5, 0.6) is 0 Å². The minimum absolute atomic E-state index is 0.00125. The number of rotatable bonds is 13. The number of piperidine rings is 1. The van der Waals surface area contributed by atoms with Gasteiger partial charge in [-0.1, -0.05) is 46.5 Å². The van der Waals surface area contributed by atoms with E-state index in [-0.39, 0.29) is 36.1 Å². The molecule has 9 N–H and O–H groups in total. The van der Waals surface area contributed by atoms with Gasteiger partial charge in [-0.2, -0.15) is 0 Å². The van der Waals surface area contributed by atoms with E-state index in [4.69, 9.17) is 10.5 Å². The van der Waals surface area contributed by atoms with Crippen molar-refractivity contribution in [3.8, 4) is 0 Å². The summed E-state index contributed by atoms with van der Waals surface area (Å²) in [4.78, 5) is 14.3. The molecule has 0 radical (unpaired) electrons. The van der Waals surface area contributed by atoms with Crippen LogP contribution in [0, 0.1) is 52.3 Å². The van der Waals surface area contributed by atoms with Crippen molar-refractivity contribution in [2.45, 2.75) is 159 Å². The van der Waals surface area contributed by atoms with E-state index in [9.17, 15) is 30.3 Å². The van der Waals surface area contributed by atoms with Crippen LogP contribution in [-0.2, 0) is 9.53 Å². The Morgan fingerprint density at radius 3 is 2.57 bits per heavy atom. The van der Waals surface area contributed by atoms with Gasteiger partial charge in [0.05, 0.1) is 42.3 Å². The van der Waals surface area contributed by atoms with Crippen molar-refractivity contribution in [3.63, 3.8) is 0 Å². The number of hydrogen-bond donors (Lipinski definition) is 8. The zero-order chi connectivity index (χ0) is 36.9. The van der Waals surface area contributed by atoms with Crippen LogP contribution < -0.4 is 16.4 Å². The second-order valence-corrected chi connectivity index (χ2v) is 18.7. The molecule has 0 amide bonds. The van der Waals surface area contributed by atoms with Crippen molar-refractivity contribution in [2.75, 3.05) is 26.7 Å². The summed E-state index contributed by atoms with van der Waals surface area (Å²) in [5.74, 6) is -0.261. The summed E-state index contributed by atoms with van der Waals surface area (Å²) in [5.41, 5.74) is 2.55. The Morgan fingerprint density at radius 2 is 1.88 bits per heavy atom. The fraction of sp³-hybridized carbons (Fsp3) is 0.927. The van der Waals surface area contributed by atoms with Crippen LogP contribution >= 0.6 is 0 Å². The fourth-order valence-electron chi connectivity index (χ4n) is 12.9. The largest absolute Gasteiger partial charge is 0.390 e. The van der Waals surface area contributed by atoms with Crippen molar-refractivity contribution in [1.29, 1.82) is 0 Å². The molecule has 0 aromatic rings. The normalized spacial score (nSPS) is 47.2. The highest BCUT2D eigenvalue weighted by atomic mass is 16.5. The second kappa shape index (κ2) is 15.3. The van der Waals surface area contributed by atoms with E-state index in [2.05, 4.69) is 31.4 Å². The van der Waals surface area contributed by atoms with E-state index < -0.39 is 58.3 Å². The number of nitrogens with one attached hydrogen (secondary N) is 2. The van der Waals surface area contributed by atoms with Gasteiger partial charge in [0, 0.05) is 11.3 Å². The summed E-state index contributed by atoms with van der Waals surface area (Å²) in [6.45, 7) is 10.2. The van der Waals surface area contributed by atoms with Crippen LogP contribution in [0.2, 0.25) is 0 Å². The second-order valence-electron chi connectivity index (χ2n) is 18.7. The highest BCUT2D eigenvalue weighted by Crippen LogP contribution is 2.71. The summed E-state index contributed by atoms with van der Waals surface area (Å²) >= 11 is 0. The molecule has 0 spiro atoms. The Hall–Kier alpha value is -0.950. The van der Waals surface area contributed by atoms with Gasteiger partial charge in [0.25, 0.3) is 0 Å². The van der Waals surface area contributed by atoms with Gasteiger partial charge < -0.3 is 46.6 Å². The molecule has 10 heteroatoms.